The summed E-state index contributed by atoms with van der Waals surface area (Å²) in [7, 11) is 1.63. The van der Waals surface area contributed by atoms with Crippen molar-refractivity contribution in [3.63, 3.8) is 0 Å². The standard InChI is InChI=1S/C10H11N3O/c1-11-9(14)5-7-6-13-10-8(7)3-2-4-12-10/h2-4,6H,5H2,1H3,(H,11,14)(H,12,13). The van der Waals surface area contributed by atoms with Gasteiger partial charge in [-0.05, 0) is 17.7 Å². The quantitative estimate of drug-likeness (QED) is 0.735. The average molecular weight is 189 g/mol. The van der Waals surface area contributed by atoms with Crippen molar-refractivity contribution in [3.8, 4) is 0 Å². The number of hydrogen-bond acceptors (Lipinski definition) is 2. The largest absolute Gasteiger partial charge is 0.359 e. The number of pyridine rings is 1. The molecule has 0 aliphatic carbocycles. The van der Waals surface area contributed by atoms with Gasteiger partial charge in [0.15, 0.2) is 0 Å². The van der Waals surface area contributed by atoms with Crippen LogP contribution in [0.15, 0.2) is 24.5 Å². The monoisotopic (exact) mass is 189 g/mol. The molecule has 14 heavy (non-hydrogen) atoms. The van der Waals surface area contributed by atoms with E-state index in [1.807, 2.05) is 18.3 Å². The van der Waals surface area contributed by atoms with E-state index in [1.54, 1.807) is 13.2 Å². The predicted octanol–water partition coefficient (Wildman–Crippen LogP) is 0.851. The highest BCUT2D eigenvalue weighted by molar-refractivity contribution is 5.86. The number of nitrogens with one attached hydrogen (secondary N) is 2. The molecule has 2 N–H and O–H groups in total. The fraction of sp³-hybridized carbons (Fsp3) is 0.200. The van der Waals surface area contributed by atoms with Crippen LogP contribution in [0.3, 0.4) is 0 Å². The van der Waals surface area contributed by atoms with Gasteiger partial charge in [-0.25, -0.2) is 4.98 Å². The number of fused-ring (bicyclic) bond motifs is 1. The van der Waals surface area contributed by atoms with E-state index in [4.69, 9.17) is 0 Å². The maximum absolute atomic E-state index is 11.2. The van der Waals surface area contributed by atoms with Crippen LogP contribution in [0.25, 0.3) is 11.0 Å². The lowest BCUT2D eigenvalue weighted by molar-refractivity contribution is -0.119. The van der Waals surface area contributed by atoms with Crippen LogP contribution in [0.5, 0.6) is 0 Å². The number of amides is 1. The van der Waals surface area contributed by atoms with Crippen molar-refractivity contribution in [2.24, 2.45) is 0 Å². The number of aromatic amines is 1. The molecule has 0 aromatic carbocycles. The van der Waals surface area contributed by atoms with Gasteiger partial charge in [-0.15, -0.1) is 0 Å². The molecule has 0 saturated heterocycles. The molecule has 0 fully saturated rings. The molecule has 72 valence electrons. The second kappa shape index (κ2) is 3.49. The molecule has 1 amide bonds. The third-order valence-electron chi connectivity index (χ3n) is 2.17. The van der Waals surface area contributed by atoms with Crippen molar-refractivity contribution < 1.29 is 4.79 Å². The van der Waals surface area contributed by atoms with Crippen molar-refractivity contribution in [2.75, 3.05) is 7.05 Å². The van der Waals surface area contributed by atoms with E-state index in [0.717, 1.165) is 16.6 Å². The normalized spacial score (nSPS) is 10.4. The van der Waals surface area contributed by atoms with Crippen molar-refractivity contribution in [1.29, 1.82) is 0 Å². The maximum Gasteiger partial charge on any atom is 0.224 e. The summed E-state index contributed by atoms with van der Waals surface area (Å²) in [6.07, 6.45) is 3.94. The molecule has 0 unspecified atom stereocenters. The Labute approximate surface area is 81.3 Å². The van der Waals surface area contributed by atoms with Gasteiger partial charge in [-0.2, -0.15) is 0 Å². The van der Waals surface area contributed by atoms with Crippen molar-refractivity contribution in [3.05, 3.63) is 30.1 Å². The molecule has 2 rings (SSSR count). The first-order valence-electron chi connectivity index (χ1n) is 4.43. The number of aromatic nitrogens is 2. The Morgan fingerprint density at radius 2 is 2.50 bits per heavy atom. The van der Waals surface area contributed by atoms with E-state index < -0.39 is 0 Å². The molecule has 2 aromatic rings. The van der Waals surface area contributed by atoms with Crippen molar-refractivity contribution in [2.45, 2.75) is 6.42 Å². The zero-order valence-corrected chi connectivity index (χ0v) is 7.87. The molecular weight excluding hydrogens is 178 g/mol. The second-order valence-corrected chi connectivity index (χ2v) is 3.06. The summed E-state index contributed by atoms with van der Waals surface area (Å²) in [5.74, 6) is 0.00903. The Morgan fingerprint density at radius 3 is 3.29 bits per heavy atom. The van der Waals surface area contributed by atoms with Gasteiger partial charge in [0.25, 0.3) is 0 Å². The number of carbonyl (C=O) groups is 1. The molecule has 0 aliphatic heterocycles. The molecule has 0 aliphatic rings. The van der Waals surface area contributed by atoms with Gasteiger partial charge in [-0.3, -0.25) is 4.79 Å². The van der Waals surface area contributed by atoms with E-state index in [1.165, 1.54) is 0 Å². The first kappa shape index (κ1) is 8.74. The third kappa shape index (κ3) is 1.46. The summed E-state index contributed by atoms with van der Waals surface area (Å²) in [6, 6.07) is 3.82. The Balaban J connectivity index is 2.38. The predicted molar refractivity (Wildman–Crippen MR) is 53.9 cm³/mol. The van der Waals surface area contributed by atoms with Crippen LogP contribution >= 0.6 is 0 Å². The molecule has 0 bridgehead atoms. The number of rotatable bonds is 2. The summed E-state index contributed by atoms with van der Waals surface area (Å²) < 4.78 is 0. The topological polar surface area (TPSA) is 57.8 Å². The van der Waals surface area contributed by atoms with E-state index in [-0.39, 0.29) is 5.91 Å². The Bertz CT molecular complexity index is 461. The van der Waals surface area contributed by atoms with Crippen LogP contribution in [0.2, 0.25) is 0 Å². The minimum atomic E-state index is 0.00903. The van der Waals surface area contributed by atoms with Gasteiger partial charge in [0.1, 0.15) is 5.65 Å². The lowest BCUT2D eigenvalue weighted by Gasteiger charge is -1.97. The molecule has 4 heteroatoms. The van der Waals surface area contributed by atoms with Crippen LogP contribution in [0, 0.1) is 0 Å². The molecule has 0 radical (unpaired) electrons. The maximum atomic E-state index is 11.2. The summed E-state index contributed by atoms with van der Waals surface area (Å²) in [5, 5.41) is 3.60. The molecule has 0 saturated carbocycles. The molecular formula is C10H11N3O. The Kier molecular flexibility index (Phi) is 2.18. The summed E-state index contributed by atoms with van der Waals surface area (Å²) in [4.78, 5) is 18.4. The minimum Gasteiger partial charge on any atom is -0.359 e. The van der Waals surface area contributed by atoms with Crippen LogP contribution in [0.1, 0.15) is 5.56 Å². The van der Waals surface area contributed by atoms with Crippen molar-refractivity contribution >= 4 is 16.9 Å². The zero-order valence-electron chi connectivity index (χ0n) is 7.87. The van der Waals surface area contributed by atoms with Crippen LogP contribution in [-0.2, 0) is 11.2 Å². The van der Waals surface area contributed by atoms with Gasteiger partial charge in [0.2, 0.25) is 5.91 Å². The number of likely N-dealkylation sites (N-methyl/N-ethyl adjacent to an activating group) is 1. The molecule has 0 atom stereocenters. The molecule has 4 nitrogen and oxygen atoms in total. The lowest BCUT2D eigenvalue weighted by atomic mass is 10.1. The summed E-state index contributed by atoms with van der Waals surface area (Å²) >= 11 is 0. The number of H-pyrrole nitrogens is 1. The SMILES string of the molecule is CNC(=O)Cc1c[nH]c2ncccc12. The van der Waals surface area contributed by atoms with Crippen LogP contribution < -0.4 is 5.32 Å². The minimum absolute atomic E-state index is 0.00903. The van der Waals surface area contributed by atoms with Gasteiger partial charge in [-0.1, -0.05) is 0 Å². The smallest absolute Gasteiger partial charge is 0.224 e. The third-order valence-corrected chi connectivity index (χ3v) is 2.17. The van der Waals surface area contributed by atoms with Crippen LogP contribution in [0.4, 0.5) is 0 Å². The zero-order chi connectivity index (χ0) is 9.97. The summed E-state index contributed by atoms with van der Waals surface area (Å²) in [5.41, 5.74) is 1.80. The highest BCUT2D eigenvalue weighted by atomic mass is 16.1. The van der Waals surface area contributed by atoms with Gasteiger partial charge in [0, 0.05) is 24.8 Å². The van der Waals surface area contributed by atoms with E-state index in [0.29, 0.717) is 6.42 Å². The lowest BCUT2D eigenvalue weighted by Crippen LogP contribution is -2.19. The van der Waals surface area contributed by atoms with Gasteiger partial charge in [0.05, 0.1) is 6.42 Å². The van der Waals surface area contributed by atoms with Crippen LogP contribution in [-0.4, -0.2) is 22.9 Å². The van der Waals surface area contributed by atoms with Gasteiger partial charge < -0.3 is 10.3 Å². The second-order valence-electron chi connectivity index (χ2n) is 3.06. The number of nitrogens with zero attached hydrogens (tertiary/aromatic N) is 1. The van der Waals surface area contributed by atoms with E-state index in [9.17, 15) is 4.79 Å². The van der Waals surface area contributed by atoms with E-state index in [2.05, 4.69) is 15.3 Å². The fourth-order valence-electron chi connectivity index (χ4n) is 1.42. The number of hydrogen-bond donors (Lipinski definition) is 2. The van der Waals surface area contributed by atoms with E-state index >= 15 is 0 Å². The molecule has 2 aromatic heterocycles. The Morgan fingerprint density at radius 1 is 1.64 bits per heavy atom. The first-order chi connectivity index (χ1) is 6.81. The highest BCUT2D eigenvalue weighted by Crippen LogP contribution is 2.15. The molecule has 2 heterocycles. The molecule has 0 spiro atoms. The van der Waals surface area contributed by atoms with Crippen molar-refractivity contribution in [1.82, 2.24) is 15.3 Å². The van der Waals surface area contributed by atoms with Gasteiger partial charge >= 0.3 is 0 Å². The number of carbonyl (C=O) groups excluding carboxylic acids is 1. The average Bonchev–Trinajstić information content (AvgIpc) is 2.62. The highest BCUT2D eigenvalue weighted by Gasteiger charge is 2.06. The fourth-order valence-corrected chi connectivity index (χ4v) is 1.42. The Hall–Kier alpha value is -1.84. The summed E-state index contributed by atoms with van der Waals surface area (Å²) in [6.45, 7) is 0. The first-order valence-corrected chi connectivity index (χ1v) is 4.43.